The summed E-state index contributed by atoms with van der Waals surface area (Å²) in [5, 5.41) is 21.7. The molecule has 0 aliphatic carbocycles. The Bertz CT molecular complexity index is 1330. The Hall–Kier alpha value is -3.49. The highest BCUT2D eigenvalue weighted by Crippen LogP contribution is 2.37. The number of nitro benzene ring substituents is 1. The lowest BCUT2D eigenvalue weighted by molar-refractivity contribution is -0.387. The van der Waals surface area contributed by atoms with E-state index in [-0.39, 0.29) is 23.5 Å². The van der Waals surface area contributed by atoms with Crippen molar-refractivity contribution < 1.29 is 14.8 Å². The maximum atomic E-state index is 11.8. The molecule has 4 rings (SSSR count). The van der Waals surface area contributed by atoms with Crippen LogP contribution in [0.1, 0.15) is 29.0 Å². The van der Waals surface area contributed by atoms with Crippen LogP contribution in [-0.2, 0) is 4.79 Å². The second-order valence-electron chi connectivity index (χ2n) is 7.45. The van der Waals surface area contributed by atoms with Crippen LogP contribution >= 0.6 is 23.1 Å². The van der Waals surface area contributed by atoms with E-state index in [1.54, 1.807) is 12.1 Å². The number of hydrogen-bond donors (Lipinski definition) is 1. The van der Waals surface area contributed by atoms with Gasteiger partial charge in [0, 0.05) is 17.4 Å². The van der Waals surface area contributed by atoms with Gasteiger partial charge in [-0.25, -0.2) is 4.98 Å². The van der Waals surface area contributed by atoms with E-state index in [2.05, 4.69) is 4.98 Å². The number of benzene rings is 3. The number of hydrogen-bond acceptors (Lipinski definition) is 6. The van der Waals surface area contributed by atoms with E-state index in [4.69, 9.17) is 0 Å². The molecule has 6 nitrogen and oxygen atoms in total. The molecule has 0 spiro atoms. The molecule has 166 valence electrons. The first-order valence-corrected chi connectivity index (χ1v) is 11.8. The minimum absolute atomic E-state index is 0.0104. The van der Waals surface area contributed by atoms with E-state index in [9.17, 15) is 20.0 Å². The Morgan fingerprint density at radius 2 is 1.88 bits per heavy atom. The first kappa shape index (κ1) is 22.7. The van der Waals surface area contributed by atoms with E-state index in [0.29, 0.717) is 10.5 Å². The van der Waals surface area contributed by atoms with E-state index in [1.807, 2.05) is 61.5 Å². The Labute approximate surface area is 198 Å². The number of aryl methyl sites for hydroxylation is 1. The van der Waals surface area contributed by atoms with Crippen LogP contribution in [0.4, 0.5) is 5.69 Å². The third kappa shape index (κ3) is 5.66. The number of fused-ring (bicyclic) bond motifs is 1. The topological polar surface area (TPSA) is 93.3 Å². The summed E-state index contributed by atoms with van der Waals surface area (Å²) >= 11 is 2.82. The number of allylic oxidation sites excluding steroid dienone is 1. The third-order valence-corrected chi connectivity index (χ3v) is 7.13. The standard InChI is InChI=1S/C25H20N2O4S2/c1-16-6-10-19(11-7-16)32-23-12-8-17(15-21(23)27(30)31)14-18(9-13-24(28)29)25-26-20-4-2-3-5-22(20)33-25/h2-8,10-12,14-15H,9,13H2,1H3,(H,28,29)/b18-14-. The number of aliphatic carboxylic acids is 1. The van der Waals surface area contributed by atoms with E-state index in [1.165, 1.54) is 29.2 Å². The summed E-state index contributed by atoms with van der Waals surface area (Å²) in [6.07, 6.45) is 2.03. The molecule has 3 aromatic carbocycles. The lowest BCUT2D eigenvalue weighted by Gasteiger charge is -2.07. The van der Waals surface area contributed by atoms with Crippen molar-refractivity contribution in [1.29, 1.82) is 0 Å². The molecule has 0 bridgehead atoms. The zero-order chi connectivity index (χ0) is 23.4. The molecule has 0 aliphatic heterocycles. The monoisotopic (exact) mass is 476 g/mol. The Morgan fingerprint density at radius 1 is 1.12 bits per heavy atom. The van der Waals surface area contributed by atoms with Gasteiger partial charge in [0.15, 0.2) is 0 Å². The fourth-order valence-electron chi connectivity index (χ4n) is 3.28. The quantitative estimate of drug-likeness (QED) is 0.216. The Balaban J connectivity index is 1.71. The molecule has 0 saturated heterocycles. The van der Waals surface area contributed by atoms with Crippen LogP contribution < -0.4 is 0 Å². The van der Waals surface area contributed by atoms with Gasteiger partial charge in [-0.2, -0.15) is 0 Å². The predicted molar refractivity (Wildman–Crippen MR) is 133 cm³/mol. The van der Waals surface area contributed by atoms with Crippen molar-refractivity contribution in [3.05, 3.63) is 93.0 Å². The molecular formula is C25H20N2O4S2. The minimum atomic E-state index is -0.905. The van der Waals surface area contributed by atoms with Crippen molar-refractivity contribution >= 4 is 56.6 Å². The molecule has 8 heteroatoms. The molecule has 0 aliphatic rings. The predicted octanol–water partition coefficient (Wildman–Crippen LogP) is 7.07. The summed E-state index contributed by atoms with van der Waals surface area (Å²) in [5.41, 5.74) is 3.35. The average molecular weight is 477 g/mol. The molecule has 33 heavy (non-hydrogen) atoms. The summed E-state index contributed by atoms with van der Waals surface area (Å²) in [7, 11) is 0. The number of nitrogens with zero attached hydrogens (tertiary/aromatic N) is 2. The Morgan fingerprint density at radius 3 is 2.58 bits per heavy atom. The highest BCUT2D eigenvalue weighted by atomic mass is 32.2. The smallest absolute Gasteiger partial charge is 0.303 e. The molecule has 1 heterocycles. The van der Waals surface area contributed by atoms with Gasteiger partial charge >= 0.3 is 5.97 Å². The van der Waals surface area contributed by atoms with Crippen molar-refractivity contribution in [2.75, 3.05) is 0 Å². The molecule has 0 unspecified atom stereocenters. The van der Waals surface area contributed by atoms with Gasteiger partial charge in [-0.1, -0.05) is 47.7 Å². The number of carboxylic acid groups (broad SMARTS) is 1. The molecule has 4 aromatic rings. The molecular weight excluding hydrogens is 456 g/mol. The van der Waals surface area contributed by atoms with Crippen LogP contribution in [0.5, 0.6) is 0 Å². The number of aromatic nitrogens is 1. The van der Waals surface area contributed by atoms with Gasteiger partial charge in [-0.05, 0) is 60.9 Å². The summed E-state index contributed by atoms with van der Waals surface area (Å²) in [4.78, 5) is 28.7. The van der Waals surface area contributed by atoms with Crippen LogP contribution in [0.3, 0.4) is 0 Å². The van der Waals surface area contributed by atoms with Gasteiger partial charge in [0.25, 0.3) is 5.69 Å². The van der Waals surface area contributed by atoms with Gasteiger partial charge in [0.2, 0.25) is 0 Å². The van der Waals surface area contributed by atoms with Crippen LogP contribution in [0.25, 0.3) is 21.9 Å². The second-order valence-corrected chi connectivity index (χ2v) is 9.60. The average Bonchev–Trinajstić information content (AvgIpc) is 3.23. The van der Waals surface area contributed by atoms with Gasteiger partial charge in [-0.3, -0.25) is 14.9 Å². The SMILES string of the molecule is Cc1ccc(Sc2ccc(/C=C(/CCC(=O)O)c3nc4ccccc4s3)cc2[N+](=O)[O-])cc1. The Kier molecular flexibility index (Phi) is 6.86. The first-order chi connectivity index (χ1) is 15.9. The zero-order valence-corrected chi connectivity index (χ0v) is 19.4. The number of rotatable bonds is 8. The van der Waals surface area contributed by atoms with Crippen LogP contribution in [0, 0.1) is 17.0 Å². The maximum Gasteiger partial charge on any atom is 0.303 e. The highest BCUT2D eigenvalue weighted by molar-refractivity contribution is 7.99. The molecule has 0 atom stereocenters. The fraction of sp³-hybridized carbons (Fsp3) is 0.120. The number of carbonyl (C=O) groups is 1. The van der Waals surface area contributed by atoms with Crippen molar-refractivity contribution in [3.63, 3.8) is 0 Å². The number of nitro groups is 1. The van der Waals surface area contributed by atoms with Gasteiger partial charge < -0.3 is 5.11 Å². The third-order valence-electron chi connectivity index (χ3n) is 4.95. The lowest BCUT2D eigenvalue weighted by atomic mass is 10.1. The van der Waals surface area contributed by atoms with E-state index >= 15 is 0 Å². The highest BCUT2D eigenvalue weighted by Gasteiger charge is 2.17. The van der Waals surface area contributed by atoms with E-state index < -0.39 is 5.97 Å². The number of thiazole rings is 1. The van der Waals surface area contributed by atoms with Crippen molar-refractivity contribution in [2.45, 2.75) is 29.6 Å². The normalized spacial score (nSPS) is 11.6. The zero-order valence-electron chi connectivity index (χ0n) is 17.7. The fourth-order valence-corrected chi connectivity index (χ4v) is 5.19. The molecule has 0 amide bonds. The minimum Gasteiger partial charge on any atom is -0.481 e. The summed E-state index contributed by atoms with van der Waals surface area (Å²) in [5.74, 6) is -0.905. The van der Waals surface area contributed by atoms with Crippen molar-refractivity contribution in [2.24, 2.45) is 0 Å². The first-order valence-electron chi connectivity index (χ1n) is 10.2. The number of para-hydroxylation sites is 1. The molecule has 0 saturated carbocycles. The van der Waals surface area contributed by atoms with Crippen LogP contribution in [0.2, 0.25) is 0 Å². The van der Waals surface area contributed by atoms with Crippen molar-refractivity contribution in [1.82, 2.24) is 4.98 Å². The molecule has 0 radical (unpaired) electrons. The maximum absolute atomic E-state index is 11.8. The molecule has 0 fully saturated rings. The van der Waals surface area contributed by atoms with Gasteiger partial charge in [0.05, 0.1) is 20.0 Å². The number of carboxylic acids is 1. The summed E-state index contributed by atoms with van der Waals surface area (Å²) in [6.45, 7) is 1.99. The van der Waals surface area contributed by atoms with E-state index in [0.717, 1.165) is 31.3 Å². The molecule has 1 aromatic heterocycles. The van der Waals surface area contributed by atoms with Gasteiger partial charge in [-0.15, -0.1) is 11.3 Å². The molecule has 1 N–H and O–H groups in total. The van der Waals surface area contributed by atoms with Crippen LogP contribution in [0.15, 0.2) is 76.5 Å². The lowest BCUT2D eigenvalue weighted by Crippen LogP contribution is -1.96. The van der Waals surface area contributed by atoms with Crippen LogP contribution in [-0.4, -0.2) is 21.0 Å². The summed E-state index contributed by atoms with van der Waals surface area (Å²) in [6, 6.07) is 20.6. The second kappa shape index (κ2) is 9.97. The van der Waals surface area contributed by atoms with Crippen molar-refractivity contribution in [3.8, 4) is 0 Å². The largest absolute Gasteiger partial charge is 0.481 e. The summed E-state index contributed by atoms with van der Waals surface area (Å²) < 4.78 is 1.00. The van der Waals surface area contributed by atoms with Gasteiger partial charge in [0.1, 0.15) is 5.01 Å².